The normalized spacial score (nSPS) is 32.5. The summed E-state index contributed by atoms with van der Waals surface area (Å²) in [5, 5.41) is 11.9. The maximum Gasteiger partial charge on any atom is 0.246 e. The molecule has 4 nitrogen and oxygen atoms in total. The molecule has 4 heteroatoms. The van der Waals surface area contributed by atoms with Crippen LogP contribution in [0.4, 0.5) is 0 Å². The second-order valence-electron chi connectivity index (χ2n) is 4.40. The van der Waals surface area contributed by atoms with Gasteiger partial charge in [0.25, 0.3) is 0 Å². The minimum Gasteiger partial charge on any atom is -0.347 e. The van der Waals surface area contributed by atoms with Gasteiger partial charge >= 0.3 is 0 Å². The van der Waals surface area contributed by atoms with E-state index in [0.717, 1.165) is 19.3 Å². The largest absolute Gasteiger partial charge is 0.347 e. The fraction of sp³-hybridized carbons (Fsp3) is 0.636. The van der Waals surface area contributed by atoms with Crippen LogP contribution in [0.25, 0.3) is 0 Å². The number of nitrogens with one attached hydrogen (secondary N) is 1. The second-order valence-corrected chi connectivity index (χ2v) is 4.40. The number of hydrogen-bond acceptors (Lipinski definition) is 3. The highest BCUT2D eigenvalue weighted by Gasteiger charge is 2.46. The summed E-state index contributed by atoms with van der Waals surface area (Å²) in [6.07, 6.45) is 5.21. The van der Waals surface area contributed by atoms with Gasteiger partial charge in [-0.1, -0.05) is 6.58 Å². The van der Waals surface area contributed by atoms with E-state index in [1.165, 1.54) is 0 Å². The highest BCUT2D eigenvalue weighted by molar-refractivity contribution is 5.92. The molecule has 0 radical (unpaired) electrons. The molecule has 2 heterocycles. The predicted octanol–water partition coefficient (Wildman–Crippen LogP) is 0.765. The summed E-state index contributed by atoms with van der Waals surface area (Å²) in [7, 11) is 0. The van der Waals surface area contributed by atoms with Crippen LogP contribution < -0.4 is 5.32 Å². The van der Waals surface area contributed by atoms with Crippen molar-refractivity contribution in [2.24, 2.45) is 0 Å². The van der Waals surface area contributed by atoms with Crippen molar-refractivity contribution in [3.63, 3.8) is 0 Å². The van der Waals surface area contributed by atoms with E-state index in [9.17, 15) is 4.79 Å². The van der Waals surface area contributed by atoms with Crippen LogP contribution in [0, 0.1) is 11.5 Å². The maximum atomic E-state index is 11.5. The first-order valence-corrected chi connectivity index (χ1v) is 5.28. The molecule has 0 aromatic heterocycles. The van der Waals surface area contributed by atoms with Crippen molar-refractivity contribution >= 4 is 5.91 Å². The number of hydrogen-bond donors (Lipinski definition) is 1. The van der Waals surface area contributed by atoms with Gasteiger partial charge in [0, 0.05) is 11.6 Å². The quantitative estimate of drug-likeness (QED) is 0.535. The summed E-state index contributed by atoms with van der Waals surface area (Å²) in [6.45, 7) is 5.31. The first kappa shape index (κ1) is 10.0. The molecule has 2 bridgehead atoms. The second kappa shape index (κ2) is 3.58. The molecule has 0 aliphatic carbocycles. The van der Waals surface area contributed by atoms with Crippen LogP contribution in [0.2, 0.25) is 0 Å². The highest BCUT2D eigenvalue weighted by atomic mass is 16.1. The molecule has 2 aliphatic heterocycles. The zero-order valence-electron chi connectivity index (χ0n) is 8.86. The van der Waals surface area contributed by atoms with E-state index >= 15 is 0 Å². The van der Waals surface area contributed by atoms with Gasteiger partial charge in [0.2, 0.25) is 5.91 Å². The molecule has 0 aromatic carbocycles. The van der Waals surface area contributed by atoms with E-state index < -0.39 is 0 Å². The molecule has 0 unspecified atom stereocenters. The van der Waals surface area contributed by atoms with Crippen molar-refractivity contribution in [2.75, 3.05) is 0 Å². The van der Waals surface area contributed by atoms with Gasteiger partial charge in [-0.15, -0.1) is 0 Å². The Labute approximate surface area is 89.6 Å². The van der Waals surface area contributed by atoms with Crippen LogP contribution in [-0.4, -0.2) is 28.9 Å². The molecule has 2 fully saturated rings. The van der Waals surface area contributed by atoms with E-state index in [2.05, 4.69) is 18.1 Å². The SMILES string of the molecule is C=C(C)C(=O)N[C@@H]1C[C@@H]2CC[C@H]1N2C#N. The fourth-order valence-corrected chi connectivity index (χ4v) is 2.59. The van der Waals surface area contributed by atoms with Gasteiger partial charge < -0.3 is 10.2 Å². The Balaban J connectivity index is 2.01. The van der Waals surface area contributed by atoms with Gasteiger partial charge in [-0.2, -0.15) is 5.26 Å². The average molecular weight is 205 g/mol. The Bertz CT molecular complexity index is 344. The van der Waals surface area contributed by atoms with Crippen LogP contribution in [0.1, 0.15) is 26.2 Å². The number of fused-ring (bicyclic) bond motifs is 2. The molecular weight excluding hydrogens is 190 g/mol. The van der Waals surface area contributed by atoms with Crippen molar-refractivity contribution < 1.29 is 4.79 Å². The number of rotatable bonds is 2. The van der Waals surface area contributed by atoms with Crippen LogP contribution >= 0.6 is 0 Å². The van der Waals surface area contributed by atoms with Gasteiger partial charge in [0.15, 0.2) is 6.19 Å². The molecule has 1 N–H and O–H groups in total. The van der Waals surface area contributed by atoms with Gasteiger partial charge in [0.05, 0.1) is 12.1 Å². The van der Waals surface area contributed by atoms with Gasteiger partial charge in [-0.25, -0.2) is 0 Å². The molecule has 3 atom stereocenters. The van der Waals surface area contributed by atoms with Gasteiger partial charge in [-0.05, 0) is 26.2 Å². The van der Waals surface area contributed by atoms with Crippen LogP contribution in [-0.2, 0) is 4.79 Å². The van der Waals surface area contributed by atoms with Gasteiger partial charge in [-0.3, -0.25) is 4.79 Å². The molecule has 2 aliphatic rings. The van der Waals surface area contributed by atoms with Crippen molar-refractivity contribution in [3.8, 4) is 6.19 Å². The molecule has 1 amide bonds. The number of nitrogens with zero attached hydrogens (tertiary/aromatic N) is 2. The Hall–Kier alpha value is -1.50. The van der Waals surface area contributed by atoms with E-state index in [1.54, 1.807) is 6.92 Å². The summed E-state index contributed by atoms with van der Waals surface area (Å²) in [5.74, 6) is -0.0922. The average Bonchev–Trinajstić information content (AvgIpc) is 2.73. The lowest BCUT2D eigenvalue weighted by atomic mass is 9.95. The maximum absolute atomic E-state index is 11.5. The number of amides is 1. The zero-order valence-corrected chi connectivity index (χ0v) is 8.86. The standard InChI is InChI=1S/C11H15N3O/c1-7(2)11(15)13-9-5-8-3-4-10(9)14(8)6-12/h8-10H,1,3-5H2,2H3,(H,13,15)/t8-,9+,10+/m0/s1. The van der Waals surface area contributed by atoms with Crippen LogP contribution in [0.5, 0.6) is 0 Å². The van der Waals surface area contributed by atoms with E-state index in [0.29, 0.717) is 11.6 Å². The summed E-state index contributed by atoms with van der Waals surface area (Å²) in [6, 6.07) is 0.686. The van der Waals surface area contributed by atoms with E-state index in [1.807, 2.05) is 4.90 Å². The van der Waals surface area contributed by atoms with Crippen molar-refractivity contribution in [1.29, 1.82) is 5.26 Å². The lowest BCUT2D eigenvalue weighted by Gasteiger charge is -2.21. The molecular formula is C11H15N3O. The third kappa shape index (κ3) is 1.58. The van der Waals surface area contributed by atoms with Crippen LogP contribution in [0.15, 0.2) is 12.2 Å². The Kier molecular flexibility index (Phi) is 2.39. The van der Waals surface area contributed by atoms with Crippen LogP contribution in [0.3, 0.4) is 0 Å². The molecule has 80 valence electrons. The molecule has 0 saturated carbocycles. The Morgan fingerprint density at radius 2 is 2.33 bits per heavy atom. The van der Waals surface area contributed by atoms with Gasteiger partial charge in [0.1, 0.15) is 0 Å². The van der Waals surface area contributed by atoms with Crippen molar-refractivity contribution in [2.45, 2.75) is 44.3 Å². The first-order valence-electron chi connectivity index (χ1n) is 5.28. The highest BCUT2D eigenvalue weighted by Crippen LogP contribution is 2.36. The first-order chi connectivity index (χ1) is 7.13. The lowest BCUT2D eigenvalue weighted by molar-refractivity contribution is -0.118. The number of carbonyl (C=O) groups excluding carboxylic acids is 1. The summed E-state index contributed by atoms with van der Waals surface area (Å²) in [4.78, 5) is 13.3. The van der Waals surface area contributed by atoms with E-state index in [-0.39, 0.29) is 18.0 Å². The smallest absolute Gasteiger partial charge is 0.246 e. The monoisotopic (exact) mass is 205 g/mol. The number of nitriles is 1. The summed E-state index contributed by atoms with van der Waals surface area (Å²) in [5.41, 5.74) is 0.529. The molecule has 2 saturated heterocycles. The molecule has 15 heavy (non-hydrogen) atoms. The summed E-state index contributed by atoms with van der Waals surface area (Å²) >= 11 is 0. The number of carbonyl (C=O) groups is 1. The lowest BCUT2D eigenvalue weighted by Crippen LogP contribution is -2.43. The topological polar surface area (TPSA) is 56.1 Å². The zero-order chi connectivity index (χ0) is 11.0. The third-order valence-corrected chi connectivity index (χ3v) is 3.36. The predicted molar refractivity (Wildman–Crippen MR) is 55.6 cm³/mol. The van der Waals surface area contributed by atoms with E-state index in [4.69, 9.17) is 5.26 Å². The molecule has 0 aromatic rings. The third-order valence-electron chi connectivity index (χ3n) is 3.36. The van der Waals surface area contributed by atoms with Crippen molar-refractivity contribution in [1.82, 2.24) is 10.2 Å². The molecule has 0 spiro atoms. The minimum absolute atomic E-state index is 0.0922. The van der Waals surface area contributed by atoms with Crippen molar-refractivity contribution in [3.05, 3.63) is 12.2 Å². The minimum atomic E-state index is -0.0922. The molecule has 2 rings (SSSR count). The summed E-state index contributed by atoms with van der Waals surface area (Å²) < 4.78 is 0. The Morgan fingerprint density at radius 3 is 2.87 bits per heavy atom. The Morgan fingerprint density at radius 1 is 1.60 bits per heavy atom. The fourth-order valence-electron chi connectivity index (χ4n) is 2.59.